The highest BCUT2D eigenvalue weighted by molar-refractivity contribution is 6.46. The standard InChI is InChI=1S/C20H15Cl2N3O2/c21-13-6-11-18(17(22)12-13)24-19(26)20(27)25(15-4-2-1-3-5-15)16-9-7-14(23)8-10-16/h1-12H,23H2,(H,24,26). The van der Waals surface area contributed by atoms with Crippen LogP contribution < -0.4 is 16.0 Å². The van der Waals surface area contributed by atoms with E-state index in [-0.39, 0.29) is 5.02 Å². The Bertz CT molecular complexity index is 976. The summed E-state index contributed by atoms with van der Waals surface area (Å²) >= 11 is 11.9. The molecule has 0 atom stereocenters. The number of hydrogen-bond acceptors (Lipinski definition) is 3. The van der Waals surface area contributed by atoms with Crippen molar-refractivity contribution in [1.29, 1.82) is 0 Å². The molecular formula is C20H15Cl2N3O2. The number of nitrogens with one attached hydrogen (secondary N) is 1. The van der Waals surface area contributed by atoms with Crippen molar-refractivity contribution in [2.24, 2.45) is 0 Å². The Balaban J connectivity index is 1.92. The first-order valence-electron chi connectivity index (χ1n) is 7.97. The zero-order valence-electron chi connectivity index (χ0n) is 14.0. The normalized spacial score (nSPS) is 10.3. The van der Waals surface area contributed by atoms with Crippen molar-refractivity contribution < 1.29 is 9.59 Å². The van der Waals surface area contributed by atoms with Gasteiger partial charge in [-0.1, -0.05) is 41.4 Å². The van der Waals surface area contributed by atoms with Crippen molar-refractivity contribution in [3.63, 3.8) is 0 Å². The van der Waals surface area contributed by atoms with Crippen LogP contribution >= 0.6 is 23.2 Å². The van der Waals surface area contributed by atoms with Crippen LogP contribution in [0.15, 0.2) is 72.8 Å². The van der Waals surface area contributed by atoms with E-state index in [2.05, 4.69) is 5.32 Å². The Morgan fingerprint density at radius 2 is 1.48 bits per heavy atom. The molecule has 0 radical (unpaired) electrons. The number of anilines is 4. The van der Waals surface area contributed by atoms with E-state index in [9.17, 15) is 9.59 Å². The van der Waals surface area contributed by atoms with E-state index in [0.29, 0.717) is 27.8 Å². The number of benzene rings is 3. The summed E-state index contributed by atoms with van der Waals surface area (Å²) in [5, 5.41) is 3.19. The van der Waals surface area contributed by atoms with Crippen molar-refractivity contribution in [2.75, 3.05) is 16.0 Å². The molecule has 0 spiro atoms. The van der Waals surface area contributed by atoms with Gasteiger partial charge in [0.25, 0.3) is 0 Å². The number of carbonyl (C=O) groups is 2. The summed E-state index contributed by atoms with van der Waals surface area (Å²) in [5.41, 5.74) is 7.63. The molecule has 27 heavy (non-hydrogen) atoms. The van der Waals surface area contributed by atoms with E-state index in [1.54, 1.807) is 54.6 Å². The maximum Gasteiger partial charge on any atom is 0.321 e. The Morgan fingerprint density at radius 3 is 2.11 bits per heavy atom. The number of nitrogen functional groups attached to an aromatic ring is 1. The summed E-state index contributed by atoms with van der Waals surface area (Å²) in [4.78, 5) is 26.8. The first kappa shape index (κ1) is 18.8. The number of carbonyl (C=O) groups excluding carboxylic acids is 2. The minimum atomic E-state index is -0.833. The summed E-state index contributed by atoms with van der Waals surface area (Å²) in [6.07, 6.45) is 0. The van der Waals surface area contributed by atoms with Crippen LogP contribution in [-0.2, 0) is 9.59 Å². The van der Waals surface area contributed by atoms with Crippen LogP contribution in [0.3, 0.4) is 0 Å². The maximum atomic E-state index is 12.9. The molecule has 0 unspecified atom stereocenters. The molecule has 0 aliphatic rings. The molecule has 0 saturated carbocycles. The van der Waals surface area contributed by atoms with Crippen molar-refractivity contribution in [3.05, 3.63) is 82.8 Å². The number of para-hydroxylation sites is 1. The number of amides is 2. The maximum absolute atomic E-state index is 12.9. The molecule has 5 nitrogen and oxygen atoms in total. The van der Waals surface area contributed by atoms with Crippen LogP contribution in [-0.4, -0.2) is 11.8 Å². The molecule has 0 heterocycles. The monoisotopic (exact) mass is 399 g/mol. The van der Waals surface area contributed by atoms with Crippen LogP contribution in [0.25, 0.3) is 0 Å². The van der Waals surface area contributed by atoms with Gasteiger partial charge in [-0.3, -0.25) is 14.5 Å². The lowest BCUT2D eigenvalue weighted by Gasteiger charge is -2.22. The van der Waals surface area contributed by atoms with Gasteiger partial charge in [0, 0.05) is 22.1 Å². The Labute approximate surface area is 166 Å². The summed E-state index contributed by atoms with van der Waals surface area (Å²) in [6.45, 7) is 0. The Kier molecular flexibility index (Phi) is 5.64. The number of nitrogens with zero attached hydrogens (tertiary/aromatic N) is 1. The molecule has 136 valence electrons. The fourth-order valence-corrected chi connectivity index (χ4v) is 2.91. The molecule has 0 aliphatic heterocycles. The molecular weight excluding hydrogens is 385 g/mol. The van der Waals surface area contributed by atoms with E-state index < -0.39 is 11.8 Å². The molecule has 3 N–H and O–H groups in total. The summed E-state index contributed by atoms with van der Waals surface area (Å²) in [7, 11) is 0. The average molecular weight is 400 g/mol. The van der Waals surface area contributed by atoms with Crippen molar-refractivity contribution >= 4 is 57.8 Å². The first-order chi connectivity index (χ1) is 13.0. The highest BCUT2D eigenvalue weighted by Gasteiger charge is 2.25. The lowest BCUT2D eigenvalue weighted by Crippen LogP contribution is -2.36. The van der Waals surface area contributed by atoms with Gasteiger partial charge in [-0.2, -0.15) is 0 Å². The number of rotatable bonds is 3. The van der Waals surface area contributed by atoms with E-state index >= 15 is 0 Å². The summed E-state index contributed by atoms with van der Waals surface area (Å²) in [6, 6.07) is 20.1. The zero-order chi connectivity index (χ0) is 19.4. The highest BCUT2D eigenvalue weighted by atomic mass is 35.5. The number of nitrogens with two attached hydrogens (primary N) is 1. The molecule has 0 bridgehead atoms. The SMILES string of the molecule is Nc1ccc(N(C(=O)C(=O)Nc2ccc(Cl)cc2Cl)c2ccccc2)cc1. The molecule has 7 heteroatoms. The van der Waals surface area contributed by atoms with Gasteiger partial charge in [0.15, 0.2) is 0 Å². The molecule has 0 saturated heterocycles. The van der Waals surface area contributed by atoms with E-state index in [4.69, 9.17) is 28.9 Å². The van der Waals surface area contributed by atoms with Crippen LogP contribution in [0, 0.1) is 0 Å². The molecule has 3 rings (SSSR count). The summed E-state index contributed by atoms with van der Waals surface area (Å²) < 4.78 is 0. The van der Waals surface area contributed by atoms with Crippen LogP contribution in [0.4, 0.5) is 22.7 Å². The third kappa shape index (κ3) is 4.39. The summed E-state index contributed by atoms with van der Waals surface area (Å²) in [5.74, 6) is -1.60. The number of hydrogen-bond donors (Lipinski definition) is 2. The fourth-order valence-electron chi connectivity index (χ4n) is 2.45. The van der Waals surface area contributed by atoms with Crippen LogP contribution in [0.5, 0.6) is 0 Å². The quantitative estimate of drug-likeness (QED) is 0.486. The third-order valence-electron chi connectivity index (χ3n) is 3.74. The fraction of sp³-hybridized carbons (Fsp3) is 0. The van der Waals surface area contributed by atoms with E-state index in [0.717, 1.165) is 0 Å². The highest BCUT2D eigenvalue weighted by Crippen LogP contribution is 2.28. The van der Waals surface area contributed by atoms with Gasteiger partial charge >= 0.3 is 11.8 Å². The molecule has 3 aromatic rings. The minimum absolute atomic E-state index is 0.238. The lowest BCUT2D eigenvalue weighted by molar-refractivity contribution is -0.134. The lowest BCUT2D eigenvalue weighted by atomic mass is 10.2. The minimum Gasteiger partial charge on any atom is -0.399 e. The number of halogens is 2. The van der Waals surface area contributed by atoms with E-state index in [1.807, 2.05) is 6.07 Å². The van der Waals surface area contributed by atoms with E-state index in [1.165, 1.54) is 17.0 Å². The first-order valence-corrected chi connectivity index (χ1v) is 8.72. The van der Waals surface area contributed by atoms with Gasteiger partial charge in [0.2, 0.25) is 0 Å². The topological polar surface area (TPSA) is 75.4 Å². The van der Waals surface area contributed by atoms with Crippen molar-refractivity contribution in [3.8, 4) is 0 Å². The second-order valence-electron chi connectivity index (χ2n) is 5.65. The predicted molar refractivity (Wildman–Crippen MR) is 110 cm³/mol. The second kappa shape index (κ2) is 8.12. The van der Waals surface area contributed by atoms with Gasteiger partial charge in [0.1, 0.15) is 0 Å². The van der Waals surface area contributed by atoms with Gasteiger partial charge < -0.3 is 11.1 Å². The molecule has 0 fully saturated rings. The van der Waals surface area contributed by atoms with Gasteiger partial charge in [-0.15, -0.1) is 0 Å². The molecule has 2 amide bonds. The smallest absolute Gasteiger partial charge is 0.321 e. The van der Waals surface area contributed by atoms with Crippen LogP contribution in [0.2, 0.25) is 10.0 Å². The predicted octanol–water partition coefficient (Wildman–Crippen LogP) is 4.88. The van der Waals surface area contributed by atoms with Crippen LogP contribution in [0.1, 0.15) is 0 Å². The van der Waals surface area contributed by atoms with Crippen molar-refractivity contribution in [1.82, 2.24) is 0 Å². The Hall–Kier alpha value is -3.02. The molecule has 0 aromatic heterocycles. The molecule has 0 aliphatic carbocycles. The third-order valence-corrected chi connectivity index (χ3v) is 4.29. The van der Waals surface area contributed by atoms with Gasteiger partial charge in [-0.25, -0.2) is 0 Å². The largest absolute Gasteiger partial charge is 0.399 e. The van der Waals surface area contributed by atoms with Crippen molar-refractivity contribution in [2.45, 2.75) is 0 Å². The van der Waals surface area contributed by atoms with Gasteiger partial charge in [0.05, 0.1) is 10.7 Å². The average Bonchev–Trinajstić information content (AvgIpc) is 2.66. The zero-order valence-corrected chi connectivity index (χ0v) is 15.5. The molecule has 3 aromatic carbocycles. The van der Waals surface area contributed by atoms with Gasteiger partial charge in [-0.05, 0) is 54.6 Å². The second-order valence-corrected chi connectivity index (χ2v) is 6.49. The Morgan fingerprint density at radius 1 is 0.852 bits per heavy atom.